The van der Waals surface area contributed by atoms with Crippen molar-refractivity contribution in [3.8, 4) is 5.75 Å². The Morgan fingerprint density at radius 3 is 2.96 bits per heavy atom. The molecular weight excluding hydrogens is 318 g/mol. The van der Waals surface area contributed by atoms with Crippen molar-refractivity contribution in [3.63, 3.8) is 0 Å². The highest BCUT2D eigenvalue weighted by Crippen LogP contribution is 2.24. The maximum Gasteiger partial charge on any atom is 0.270 e. The Kier molecular flexibility index (Phi) is 5.26. The number of carbonyl (C=O) groups is 2. The molecule has 0 radical (unpaired) electrons. The fourth-order valence-electron chi connectivity index (χ4n) is 3.21. The number of nitrogens with zero attached hydrogens (tertiary/aromatic N) is 1. The molecule has 0 spiro atoms. The van der Waals surface area contributed by atoms with Gasteiger partial charge in [0.05, 0.1) is 12.5 Å². The van der Waals surface area contributed by atoms with Gasteiger partial charge in [0.25, 0.3) is 5.91 Å². The minimum atomic E-state index is -0.331. The van der Waals surface area contributed by atoms with Crippen molar-refractivity contribution >= 4 is 22.7 Å². The molecule has 1 aliphatic heterocycles. The maximum absolute atomic E-state index is 12.7. The van der Waals surface area contributed by atoms with Gasteiger partial charge in [0, 0.05) is 30.1 Å². The molecule has 6 nitrogen and oxygen atoms in total. The molecule has 6 heteroatoms. The first-order chi connectivity index (χ1) is 12.1. The zero-order valence-electron chi connectivity index (χ0n) is 14.6. The monoisotopic (exact) mass is 343 g/mol. The molecule has 1 saturated heterocycles. The lowest BCUT2D eigenvalue weighted by molar-refractivity contribution is -0.123. The number of H-pyrrole nitrogens is 1. The maximum atomic E-state index is 12.7. The van der Waals surface area contributed by atoms with Crippen LogP contribution in [0.2, 0.25) is 0 Å². The summed E-state index contributed by atoms with van der Waals surface area (Å²) >= 11 is 0. The first-order valence-corrected chi connectivity index (χ1v) is 8.92. The number of hydrogen-bond acceptors (Lipinski definition) is 3. The van der Waals surface area contributed by atoms with E-state index in [0.29, 0.717) is 25.4 Å². The molecule has 1 atom stereocenters. The van der Waals surface area contributed by atoms with E-state index in [9.17, 15) is 9.59 Å². The third-order valence-corrected chi connectivity index (χ3v) is 4.70. The van der Waals surface area contributed by atoms with Crippen molar-refractivity contribution < 1.29 is 14.3 Å². The molecule has 134 valence electrons. The third kappa shape index (κ3) is 3.95. The molecule has 1 fully saturated rings. The van der Waals surface area contributed by atoms with Crippen molar-refractivity contribution in [2.24, 2.45) is 11.7 Å². The number of aromatic amines is 1. The van der Waals surface area contributed by atoms with Crippen LogP contribution in [0.5, 0.6) is 5.75 Å². The van der Waals surface area contributed by atoms with Crippen LogP contribution in [0.3, 0.4) is 0 Å². The molecule has 3 rings (SSSR count). The number of likely N-dealkylation sites (tertiary alicyclic amines) is 1. The number of amides is 2. The highest BCUT2D eigenvalue weighted by Gasteiger charge is 2.28. The molecule has 1 unspecified atom stereocenters. The van der Waals surface area contributed by atoms with Crippen LogP contribution in [0.25, 0.3) is 10.9 Å². The van der Waals surface area contributed by atoms with E-state index in [2.05, 4.69) is 11.9 Å². The Labute approximate surface area is 147 Å². The van der Waals surface area contributed by atoms with E-state index in [4.69, 9.17) is 10.5 Å². The SMILES string of the molecule is CCCCOc1ccc2cc(C(=O)N3CCCC(C(N)=O)C3)[nH]c2c1. The second-order valence-electron chi connectivity index (χ2n) is 6.63. The average molecular weight is 343 g/mol. The van der Waals surface area contributed by atoms with E-state index in [-0.39, 0.29) is 17.7 Å². The van der Waals surface area contributed by atoms with Gasteiger partial charge >= 0.3 is 0 Å². The molecule has 3 N–H and O–H groups in total. The summed E-state index contributed by atoms with van der Waals surface area (Å²) in [6.07, 6.45) is 3.66. The predicted molar refractivity (Wildman–Crippen MR) is 96.5 cm³/mol. The van der Waals surface area contributed by atoms with Crippen LogP contribution in [-0.2, 0) is 4.79 Å². The molecule has 25 heavy (non-hydrogen) atoms. The lowest BCUT2D eigenvalue weighted by Crippen LogP contribution is -2.44. The summed E-state index contributed by atoms with van der Waals surface area (Å²) in [5, 5.41) is 0.967. The number of carbonyl (C=O) groups excluding carboxylic acids is 2. The number of aromatic nitrogens is 1. The molecule has 0 aliphatic carbocycles. The van der Waals surface area contributed by atoms with Crippen LogP contribution in [0.1, 0.15) is 43.1 Å². The number of rotatable bonds is 6. The Hall–Kier alpha value is -2.50. The molecule has 1 aliphatic rings. The third-order valence-electron chi connectivity index (χ3n) is 4.70. The van der Waals surface area contributed by atoms with E-state index < -0.39 is 0 Å². The van der Waals surface area contributed by atoms with Crippen molar-refractivity contribution in [1.29, 1.82) is 0 Å². The number of benzene rings is 1. The number of nitrogens with one attached hydrogen (secondary N) is 1. The van der Waals surface area contributed by atoms with Crippen molar-refractivity contribution in [1.82, 2.24) is 9.88 Å². The summed E-state index contributed by atoms with van der Waals surface area (Å²) in [5.41, 5.74) is 6.81. The van der Waals surface area contributed by atoms with Crippen LogP contribution in [0.4, 0.5) is 0 Å². The van der Waals surface area contributed by atoms with E-state index in [1.54, 1.807) is 4.90 Å². The van der Waals surface area contributed by atoms with Gasteiger partial charge in [-0.25, -0.2) is 0 Å². The van der Waals surface area contributed by atoms with Gasteiger partial charge in [0.2, 0.25) is 5.91 Å². The zero-order valence-corrected chi connectivity index (χ0v) is 14.6. The summed E-state index contributed by atoms with van der Waals surface area (Å²) in [5.74, 6) is 0.132. The summed E-state index contributed by atoms with van der Waals surface area (Å²) in [7, 11) is 0. The molecule has 0 bridgehead atoms. The lowest BCUT2D eigenvalue weighted by atomic mass is 9.97. The molecule has 1 aromatic heterocycles. The van der Waals surface area contributed by atoms with Crippen molar-refractivity contribution in [2.45, 2.75) is 32.6 Å². The molecule has 0 saturated carbocycles. The van der Waals surface area contributed by atoms with Gasteiger partial charge < -0.3 is 20.4 Å². The van der Waals surface area contributed by atoms with E-state index in [1.165, 1.54) is 0 Å². The first-order valence-electron chi connectivity index (χ1n) is 8.92. The summed E-state index contributed by atoms with van der Waals surface area (Å²) in [6, 6.07) is 7.64. The van der Waals surface area contributed by atoms with Crippen LogP contribution < -0.4 is 10.5 Å². The highest BCUT2D eigenvalue weighted by atomic mass is 16.5. The number of ether oxygens (including phenoxy) is 1. The largest absolute Gasteiger partial charge is 0.494 e. The topological polar surface area (TPSA) is 88.4 Å². The Bertz CT molecular complexity index is 768. The quantitative estimate of drug-likeness (QED) is 0.790. The number of fused-ring (bicyclic) bond motifs is 1. The van der Waals surface area contributed by atoms with Gasteiger partial charge in [0.1, 0.15) is 11.4 Å². The molecule has 2 heterocycles. The molecule has 2 aromatic rings. The van der Waals surface area contributed by atoms with Crippen molar-refractivity contribution in [3.05, 3.63) is 30.0 Å². The second-order valence-corrected chi connectivity index (χ2v) is 6.63. The minimum Gasteiger partial charge on any atom is -0.494 e. The standard InChI is InChI=1S/C19H25N3O3/c1-2-3-9-25-15-7-6-13-10-17(21-16(13)11-15)19(24)22-8-4-5-14(12-22)18(20)23/h6-7,10-11,14,21H,2-5,8-9,12H2,1H3,(H2,20,23). The van der Waals surface area contributed by atoms with Gasteiger partial charge in [-0.3, -0.25) is 9.59 Å². The van der Waals surface area contributed by atoms with Gasteiger partial charge in [-0.15, -0.1) is 0 Å². The van der Waals surface area contributed by atoms with Crippen LogP contribution in [0.15, 0.2) is 24.3 Å². The molecule has 1 aromatic carbocycles. The van der Waals surface area contributed by atoms with Crippen LogP contribution in [0, 0.1) is 5.92 Å². The predicted octanol–water partition coefficient (Wildman–Crippen LogP) is 2.68. The Morgan fingerprint density at radius 1 is 1.36 bits per heavy atom. The summed E-state index contributed by atoms with van der Waals surface area (Å²) < 4.78 is 5.71. The molecule has 2 amide bonds. The fourth-order valence-corrected chi connectivity index (χ4v) is 3.21. The second kappa shape index (κ2) is 7.59. The Balaban J connectivity index is 1.74. The number of unbranched alkanes of at least 4 members (excludes halogenated alkanes) is 1. The van der Waals surface area contributed by atoms with Crippen molar-refractivity contribution in [2.75, 3.05) is 19.7 Å². The van der Waals surface area contributed by atoms with Gasteiger partial charge in [-0.1, -0.05) is 13.3 Å². The van der Waals surface area contributed by atoms with E-state index in [1.807, 2.05) is 24.3 Å². The van der Waals surface area contributed by atoms with Gasteiger partial charge in [-0.2, -0.15) is 0 Å². The normalized spacial score (nSPS) is 17.6. The first kappa shape index (κ1) is 17.3. The van der Waals surface area contributed by atoms with E-state index in [0.717, 1.165) is 42.3 Å². The van der Waals surface area contributed by atoms with Gasteiger partial charge in [-0.05, 0) is 37.5 Å². The fraction of sp³-hybridized carbons (Fsp3) is 0.474. The highest BCUT2D eigenvalue weighted by molar-refractivity contribution is 5.98. The average Bonchev–Trinajstić information content (AvgIpc) is 3.04. The van der Waals surface area contributed by atoms with Crippen LogP contribution >= 0.6 is 0 Å². The molecular formula is C19H25N3O3. The minimum absolute atomic E-state index is 0.0874. The summed E-state index contributed by atoms with van der Waals surface area (Å²) in [4.78, 5) is 29.0. The number of primary amides is 1. The number of nitrogens with two attached hydrogens (primary N) is 1. The van der Waals surface area contributed by atoms with Crippen LogP contribution in [-0.4, -0.2) is 41.4 Å². The lowest BCUT2D eigenvalue weighted by Gasteiger charge is -2.30. The van der Waals surface area contributed by atoms with E-state index >= 15 is 0 Å². The Morgan fingerprint density at radius 2 is 2.20 bits per heavy atom. The smallest absolute Gasteiger partial charge is 0.270 e. The zero-order chi connectivity index (χ0) is 17.8. The van der Waals surface area contributed by atoms with Gasteiger partial charge in [0.15, 0.2) is 0 Å². The summed E-state index contributed by atoms with van der Waals surface area (Å²) in [6.45, 7) is 3.87. The number of piperidine rings is 1. The number of hydrogen-bond donors (Lipinski definition) is 2.